The fourth-order valence-corrected chi connectivity index (χ4v) is 15.2. The average Bonchev–Trinajstić information content (AvgIpc) is 0.817. The molecule has 0 bridgehead atoms. The molecule has 0 aliphatic carbocycles. The molecule has 3 aliphatic heterocycles. The van der Waals surface area contributed by atoms with Crippen LogP contribution in [0.15, 0.2) is 0 Å². The Bertz CT molecular complexity index is 2960. The van der Waals surface area contributed by atoms with Crippen LogP contribution in [0, 0.1) is 6.66 Å². The number of Topliss-reactive ketones (excluding diaryl/α,β-unsaturated/α-hetero) is 2. The van der Waals surface area contributed by atoms with Crippen molar-refractivity contribution in [1.29, 1.82) is 0 Å². The molecule has 40 heteroatoms. The summed E-state index contributed by atoms with van der Waals surface area (Å²) in [6.45, 7) is 13.0. The smallest absolute Gasteiger partial charge is 0.222 e. The number of aliphatic hydroxyl groups excluding tert-OH is 9. The fraction of sp³-hybridized carbons (Fsp3) is 0.864. The van der Waals surface area contributed by atoms with E-state index in [1.165, 1.54) is 20.8 Å². The Balaban J connectivity index is 0.0000555. The van der Waals surface area contributed by atoms with Crippen molar-refractivity contribution in [3.8, 4) is 0 Å². The van der Waals surface area contributed by atoms with Crippen molar-refractivity contribution < 1.29 is 146 Å². The molecule has 0 aromatic carbocycles. The lowest BCUT2D eigenvalue weighted by atomic mass is 9.92. The summed E-state index contributed by atoms with van der Waals surface area (Å²) < 4.78 is 64.7. The average molecular weight is 1860 g/mol. The van der Waals surface area contributed by atoms with Crippen LogP contribution in [0.4, 0.5) is 0 Å². The highest BCUT2D eigenvalue weighted by Crippen LogP contribution is 2.57. The van der Waals surface area contributed by atoms with Crippen LogP contribution in [0.25, 0.3) is 0 Å². The number of rotatable bonds is 73. The van der Waals surface area contributed by atoms with Crippen molar-refractivity contribution in [2.45, 2.75) is 383 Å². The van der Waals surface area contributed by atoms with E-state index in [4.69, 9.17) is 42.4 Å². The number of nitrogens with one attached hydrogen (secondary N) is 9. The molecular formula is C88H161N9O30P-. The van der Waals surface area contributed by atoms with Gasteiger partial charge in [0.05, 0.1) is 65.8 Å². The van der Waals surface area contributed by atoms with E-state index in [2.05, 4.69) is 54.5 Å². The standard InChI is InChI=1S/C87H157N9O30P.CH4/c1-60(100)93-74-80(114)77(111)65(55-97)124-83(74)120-49-28-22-36-64(104)35-21-26-44-88-71(108)41-53-118-58-87(96-73(110)40-19-15-11-9-8-10-13-17-33-63(103)34-18-14-12-16-27-52-123-127(7,117)86(4,5)6,43-25-20-37-68(105)89-45-31-46-90-69(106)38-23-29-50-121-84-75(94-61(2)101)81(115)78(112)66(56-98)125-84)59-119-54-42-72(109)92-48-32-47-91-70(107)39-24-30-51-122-85-76(95-62(3)102)82(116)79(113)67(57-99)126-85;/h65-67,74-85,97-99,111-116H,7-59H2,1-6H3,(H,88,108)(H,89,105)(H,90,106)(H,91,107)(H,92,109)(H,93,100)(H,94,101)(H,95,102)(H,96,110);1H4/q-1;/t65?,66?,67?,74?,75?,76?,77-,78-,79-,80-,81-,82-,83-,84-,85-,87?,127?;/m1./s1. The Morgan fingerprint density at radius 3 is 0.953 bits per heavy atom. The fourth-order valence-electron chi connectivity index (χ4n) is 14.4. The normalized spacial score (nSPS) is 23.2. The number of amides is 9. The Hall–Kier alpha value is -5.92. The SMILES string of the molecule is C.[CH2-]P(=O)(OCCCCCCCC(=O)CCCCCCCCCCC(=O)NC(CCCCC(=O)NCCCNC(=O)CCCCO[C@@H]1OC(CO)[C@@H](O)[C@H](O)C1NC(C)=O)(COCCC(=O)NCCCCC(=O)CCCCO[C@@H]1OC(CO)[C@@H](O)[C@H](O)C1NC(C)=O)COCCC(=O)NCCCNC(=O)CCCCO[C@@H]1OC(CO)[C@@H](O)[C@H](O)C1NC(C)=O)C(C)(C)C. The van der Waals surface area contributed by atoms with Crippen molar-refractivity contribution in [2.75, 3.05) is 105 Å². The number of unbranched alkanes of at least 4 members (excludes halogenated alkanes) is 16. The minimum Gasteiger partial charge on any atom is -0.394 e. The van der Waals surface area contributed by atoms with Gasteiger partial charge in [-0.25, -0.2) is 0 Å². The molecule has 3 aliphatic rings. The van der Waals surface area contributed by atoms with Crippen LogP contribution in [-0.4, -0.2) is 319 Å². The van der Waals surface area contributed by atoms with Gasteiger partial charge in [0.2, 0.25) is 53.2 Å². The van der Waals surface area contributed by atoms with Crippen molar-refractivity contribution in [1.82, 2.24) is 47.9 Å². The monoisotopic (exact) mass is 1860 g/mol. The lowest BCUT2D eigenvalue weighted by Crippen LogP contribution is -2.64. The summed E-state index contributed by atoms with van der Waals surface area (Å²) in [5, 5.41) is 116. The number of carbonyl (C=O) groups excluding carboxylic acids is 11. The van der Waals surface area contributed by atoms with Crippen LogP contribution in [0.1, 0.15) is 280 Å². The minimum atomic E-state index is -2.93. The van der Waals surface area contributed by atoms with Gasteiger partial charge < -0.3 is 141 Å². The van der Waals surface area contributed by atoms with Gasteiger partial charge in [0.15, 0.2) is 18.9 Å². The van der Waals surface area contributed by atoms with E-state index in [-0.39, 0.29) is 191 Å². The molecule has 18 N–H and O–H groups in total. The highest BCUT2D eigenvalue weighted by atomic mass is 31.2. The highest BCUT2D eigenvalue weighted by Gasteiger charge is 2.48. The second-order valence-electron chi connectivity index (χ2n) is 34.4. The van der Waals surface area contributed by atoms with Gasteiger partial charge in [0, 0.05) is 143 Å². The Kier molecular flexibility index (Phi) is 62.9. The van der Waals surface area contributed by atoms with E-state index in [9.17, 15) is 103 Å². The summed E-state index contributed by atoms with van der Waals surface area (Å²) in [4.78, 5) is 140. The molecule has 128 heavy (non-hydrogen) atoms. The predicted molar refractivity (Wildman–Crippen MR) is 473 cm³/mol. The summed E-state index contributed by atoms with van der Waals surface area (Å²) in [7, 11) is -2.93. The van der Waals surface area contributed by atoms with E-state index >= 15 is 0 Å². The first-order valence-electron chi connectivity index (χ1n) is 46.0. The van der Waals surface area contributed by atoms with Crippen molar-refractivity contribution in [3.63, 3.8) is 0 Å². The molecule has 0 aromatic rings. The second kappa shape index (κ2) is 68.1. The van der Waals surface area contributed by atoms with Crippen LogP contribution < -0.4 is 47.9 Å². The van der Waals surface area contributed by atoms with Gasteiger partial charge in [-0.3, -0.25) is 59.4 Å². The van der Waals surface area contributed by atoms with Crippen molar-refractivity contribution in [3.05, 3.63) is 6.66 Å². The molecule has 3 fully saturated rings. The number of ketones is 2. The number of hydrogen-bond donors (Lipinski definition) is 18. The highest BCUT2D eigenvalue weighted by molar-refractivity contribution is 7.61. The largest absolute Gasteiger partial charge is 0.394 e. The van der Waals surface area contributed by atoms with Gasteiger partial charge >= 0.3 is 0 Å². The lowest BCUT2D eigenvalue weighted by Gasteiger charge is -2.42. The van der Waals surface area contributed by atoms with Gasteiger partial charge in [-0.2, -0.15) is 0 Å². The van der Waals surface area contributed by atoms with E-state index in [0.717, 1.165) is 77.0 Å². The van der Waals surface area contributed by atoms with Gasteiger partial charge in [0.1, 0.15) is 84.6 Å². The third kappa shape index (κ3) is 50.8. The molecule has 8 unspecified atom stereocenters. The Morgan fingerprint density at radius 1 is 0.344 bits per heavy atom. The molecule has 17 atom stereocenters. The van der Waals surface area contributed by atoms with Crippen molar-refractivity contribution >= 4 is 72.1 Å². The molecule has 9 amide bonds. The van der Waals surface area contributed by atoms with Gasteiger partial charge in [-0.15, -0.1) is 0 Å². The topological polar surface area (TPSA) is 578 Å². The molecule has 3 saturated heterocycles. The third-order valence-electron chi connectivity index (χ3n) is 22.2. The zero-order chi connectivity index (χ0) is 94.0. The van der Waals surface area contributed by atoms with E-state index in [0.29, 0.717) is 103 Å². The second-order valence-corrected chi connectivity index (χ2v) is 37.4. The van der Waals surface area contributed by atoms with Crippen molar-refractivity contribution in [2.24, 2.45) is 0 Å². The molecular weight excluding hydrogens is 1690 g/mol. The van der Waals surface area contributed by atoms with Gasteiger partial charge in [-0.1, -0.05) is 92.4 Å². The molecule has 744 valence electrons. The number of aliphatic hydroxyl groups is 9. The Labute approximate surface area is 757 Å². The lowest BCUT2D eigenvalue weighted by molar-refractivity contribution is -0.270. The number of carbonyl (C=O) groups is 11. The van der Waals surface area contributed by atoms with E-state index < -0.39 is 148 Å². The first-order valence-corrected chi connectivity index (χ1v) is 47.8. The van der Waals surface area contributed by atoms with Gasteiger partial charge in [0.25, 0.3) is 0 Å². The first-order chi connectivity index (χ1) is 60.6. The maximum atomic E-state index is 14.1. The zero-order valence-corrected chi connectivity index (χ0v) is 77.1. The summed E-state index contributed by atoms with van der Waals surface area (Å²) in [6, 6.07) is -3.27. The van der Waals surface area contributed by atoms with Crippen LogP contribution in [0.5, 0.6) is 0 Å². The zero-order valence-electron chi connectivity index (χ0n) is 76.2. The summed E-state index contributed by atoms with van der Waals surface area (Å²) >= 11 is 0. The van der Waals surface area contributed by atoms with Crippen LogP contribution in [0.2, 0.25) is 0 Å². The van der Waals surface area contributed by atoms with Gasteiger partial charge in [-0.05, 0) is 103 Å². The Morgan fingerprint density at radius 2 is 0.617 bits per heavy atom. The maximum Gasteiger partial charge on any atom is 0.222 e. The molecule has 0 spiro atoms. The summed E-state index contributed by atoms with van der Waals surface area (Å²) in [6.07, 6.45) is 3.50. The maximum absolute atomic E-state index is 14.1. The molecule has 0 radical (unpaired) electrons. The number of hydrogen-bond acceptors (Lipinski definition) is 30. The molecule has 3 heterocycles. The summed E-state index contributed by atoms with van der Waals surface area (Å²) in [5.41, 5.74) is -1.20. The van der Waals surface area contributed by atoms with Crippen LogP contribution in [0.3, 0.4) is 0 Å². The number of ether oxygens (including phenoxy) is 8. The van der Waals surface area contributed by atoms with E-state index in [1.54, 1.807) is 0 Å². The van der Waals surface area contributed by atoms with E-state index in [1.807, 2.05) is 20.8 Å². The molecule has 39 nitrogen and oxygen atoms in total. The minimum absolute atomic E-state index is 0. The van der Waals surface area contributed by atoms with Crippen LogP contribution in [-0.2, 0) is 99.7 Å². The first kappa shape index (κ1) is 118. The summed E-state index contributed by atoms with van der Waals surface area (Å²) in [5.74, 6) is -2.82. The molecule has 0 saturated carbocycles. The molecule has 0 aromatic heterocycles. The van der Waals surface area contributed by atoms with Crippen LogP contribution >= 0.6 is 7.37 Å². The molecule has 3 rings (SSSR count). The third-order valence-corrected chi connectivity index (χ3v) is 24.8. The predicted octanol–water partition coefficient (Wildman–Crippen LogP) is 3.04. The quantitative estimate of drug-likeness (QED) is 0.0236.